The second-order valence-corrected chi connectivity index (χ2v) is 4.77. The van der Waals surface area contributed by atoms with Crippen molar-refractivity contribution in [2.45, 2.75) is 53.5 Å². The lowest BCUT2D eigenvalue weighted by Crippen LogP contribution is -2.35. The number of anilines is 1. The zero-order valence-electron chi connectivity index (χ0n) is 12.9. The van der Waals surface area contributed by atoms with Crippen LogP contribution < -0.4 is 5.32 Å². The van der Waals surface area contributed by atoms with Crippen LogP contribution in [0.25, 0.3) is 0 Å². The highest BCUT2D eigenvalue weighted by Gasteiger charge is 2.10. The maximum absolute atomic E-state index is 4.56. The van der Waals surface area contributed by atoms with E-state index < -0.39 is 0 Å². The topological polar surface area (TPSA) is 53.9 Å². The van der Waals surface area contributed by atoms with Crippen molar-refractivity contribution in [3.8, 4) is 0 Å². The third-order valence-electron chi connectivity index (χ3n) is 3.31. The maximum atomic E-state index is 4.56. The quantitative estimate of drug-likeness (QED) is 0.780. The summed E-state index contributed by atoms with van der Waals surface area (Å²) in [6.07, 6.45) is 1.79. The lowest BCUT2D eigenvalue weighted by molar-refractivity contribution is 0.294. The van der Waals surface area contributed by atoms with E-state index >= 15 is 0 Å². The molecule has 1 aromatic rings. The lowest BCUT2D eigenvalue weighted by Gasteiger charge is -2.23. The zero-order valence-corrected chi connectivity index (χ0v) is 12.9. The molecular formula is C14H27N5. The van der Waals surface area contributed by atoms with Crippen LogP contribution in [0.5, 0.6) is 0 Å². The second kappa shape index (κ2) is 8.04. The van der Waals surface area contributed by atoms with E-state index in [1.54, 1.807) is 0 Å². The minimum Gasteiger partial charge on any atom is -0.349 e. The third kappa shape index (κ3) is 4.74. The van der Waals surface area contributed by atoms with Gasteiger partial charge in [0.25, 0.3) is 0 Å². The van der Waals surface area contributed by atoms with Gasteiger partial charge in [0.2, 0.25) is 5.95 Å². The van der Waals surface area contributed by atoms with Crippen LogP contribution in [0.1, 0.15) is 46.0 Å². The molecule has 0 radical (unpaired) electrons. The Hall–Kier alpha value is -1.23. The summed E-state index contributed by atoms with van der Waals surface area (Å²) in [4.78, 5) is 6.94. The molecule has 0 aliphatic rings. The van der Waals surface area contributed by atoms with Gasteiger partial charge >= 0.3 is 0 Å². The van der Waals surface area contributed by atoms with Crippen LogP contribution in [0.3, 0.4) is 0 Å². The molecule has 5 heteroatoms. The van der Waals surface area contributed by atoms with Crippen LogP contribution in [0.4, 0.5) is 5.95 Å². The van der Waals surface area contributed by atoms with Gasteiger partial charge in [-0.25, -0.2) is 4.98 Å². The van der Waals surface area contributed by atoms with Gasteiger partial charge < -0.3 is 10.2 Å². The molecule has 108 valence electrons. The van der Waals surface area contributed by atoms with Crippen molar-refractivity contribution in [3.05, 3.63) is 11.4 Å². The molecule has 0 aromatic carbocycles. The van der Waals surface area contributed by atoms with E-state index in [1.807, 2.05) is 0 Å². The molecule has 19 heavy (non-hydrogen) atoms. The zero-order chi connectivity index (χ0) is 14.3. The molecule has 0 aliphatic carbocycles. The summed E-state index contributed by atoms with van der Waals surface area (Å²) in [5.74, 6) is 0.647. The highest BCUT2D eigenvalue weighted by molar-refractivity contribution is 5.27. The Morgan fingerprint density at radius 3 is 2.16 bits per heavy atom. The summed E-state index contributed by atoms with van der Waals surface area (Å²) in [6.45, 7) is 13.8. The van der Waals surface area contributed by atoms with Crippen LogP contribution in [-0.2, 0) is 12.8 Å². The molecule has 1 aromatic heterocycles. The van der Waals surface area contributed by atoms with Crippen LogP contribution in [0, 0.1) is 0 Å². The molecule has 0 aliphatic heterocycles. The van der Waals surface area contributed by atoms with E-state index in [0.29, 0.717) is 12.0 Å². The van der Waals surface area contributed by atoms with E-state index in [-0.39, 0.29) is 0 Å². The molecule has 1 atom stereocenters. The van der Waals surface area contributed by atoms with Crippen LogP contribution in [-0.4, -0.2) is 45.8 Å². The fourth-order valence-corrected chi connectivity index (χ4v) is 2.13. The molecule has 1 heterocycles. The van der Waals surface area contributed by atoms with Crippen molar-refractivity contribution in [1.29, 1.82) is 0 Å². The fraction of sp³-hybridized carbons (Fsp3) is 0.786. The monoisotopic (exact) mass is 265 g/mol. The maximum Gasteiger partial charge on any atom is 0.243 e. The number of likely N-dealkylation sites (N-methyl/N-ethyl adjacent to an activating group) is 1. The Morgan fingerprint density at radius 2 is 1.63 bits per heavy atom. The Labute approximate surface area is 116 Å². The van der Waals surface area contributed by atoms with Crippen LogP contribution in [0.2, 0.25) is 0 Å². The number of hydrogen-bond acceptors (Lipinski definition) is 5. The number of nitrogens with one attached hydrogen (secondary N) is 1. The highest BCUT2D eigenvalue weighted by atomic mass is 15.3. The molecule has 0 saturated heterocycles. The van der Waals surface area contributed by atoms with E-state index in [4.69, 9.17) is 0 Å². The largest absolute Gasteiger partial charge is 0.349 e. The van der Waals surface area contributed by atoms with Crippen molar-refractivity contribution in [2.24, 2.45) is 0 Å². The highest BCUT2D eigenvalue weighted by Crippen LogP contribution is 2.08. The van der Waals surface area contributed by atoms with Gasteiger partial charge in [-0.05, 0) is 32.9 Å². The SMILES string of the molecule is CCc1nnc(NC(C)CN(CC)CC)nc1CC. The fourth-order valence-electron chi connectivity index (χ4n) is 2.13. The molecule has 1 N–H and O–H groups in total. The van der Waals surface area contributed by atoms with Crippen LogP contribution in [0.15, 0.2) is 0 Å². The Bertz CT molecular complexity index is 376. The van der Waals surface area contributed by atoms with Gasteiger partial charge in [0.05, 0.1) is 11.4 Å². The molecule has 0 bridgehead atoms. The number of nitrogens with zero attached hydrogens (tertiary/aromatic N) is 4. The smallest absolute Gasteiger partial charge is 0.243 e. The second-order valence-electron chi connectivity index (χ2n) is 4.77. The summed E-state index contributed by atoms with van der Waals surface area (Å²) >= 11 is 0. The molecular weight excluding hydrogens is 238 g/mol. The van der Waals surface area contributed by atoms with Gasteiger partial charge in [0, 0.05) is 12.6 Å². The van der Waals surface area contributed by atoms with Crippen LogP contribution >= 0.6 is 0 Å². The molecule has 1 unspecified atom stereocenters. The molecule has 5 nitrogen and oxygen atoms in total. The first-order chi connectivity index (χ1) is 9.14. The predicted octanol–water partition coefficient (Wildman–Crippen LogP) is 2.14. The average Bonchev–Trinajstić information content (AvgIpc) is 2.44. The third-order valence-corrected chi connectivity index (χ3v) is 3.31. The van der Waals surface area contributed by atoms with Crippen molar-refractivity contribution < 1.29 is 0 Å². The normalized spacial score (nSPS) is 12.7. The molecule has 0 spiro atoms. The first-order valence-electron chi connectivity index (χ1n) is 7.35. The van der Waals surface area contributed by atoms with Gasteiger partial charge in [-0.2, -0.15) is 5.10 Å². The summed E-state index contributed by atoms with van der Waals surface area (Å²) in [5.41, 5.74) is 2.06. The van der Waals surface area contributed by atoms with E-state index in [2.05, 4.69) is 60.0 Å². The number of hydrogen-bond donors (Lipinski definition) is 1. The van der Waals surface area contributed by atoms with Gasteiger partial charge in [0.1, 0.15) is 0 Å². The minimum absolute atomic E-state index is 0.318. The van der Waals surface area contributed by atoms with Crippen molar-refractivity contribution in [3.63, 3.8) is 0 Å². The minimum atomic E-state index is 0.318. The summed E-state index contributed by atoms with van der Waals surface area (Å²) in [6, 6.07) is 0.318. The Kier molecular flexibility index (Phi) is 6.70. The van der Waals surface area contributed by atoms with Crippen molar-refractivity contribution in [2.75, 3.05) is 25.0 Å². The van der Waals surface area contributed by atoms with Gasteiger partial charge in [-0.1, -0.05) is 27.7 Å². The van der Waals surface area contributed by atoms with Gasteiger partial charge in [-0.3, -0.25) is 0 Å². The van der Waals surface area contributed by atoms with Crippen molar-refractivity contribution in [1.82, 2.24) is 20.1 Å². The Morgan fingerprint density at radius 1 is 1.00 bits per heavy atom. The summed E-state index contributed by atoms with van der Waals surface area (Å²) in [5, 5.41) is 11.8. The van der Waals surface area contributed by atoms with Gasteiger partial charge in [0.15, 0.2) is 0 Å². The van der Waals surface area contributed by atoms with Gasteiger partial charge in [-0.15, -0.1) is 5.10 Å². The van der Waals surface area contributed by atoms with E-state index in [0.717, 1.165) is 43.9 Å². The molecule has 0 amide bonds. The lowest BCUT2D eigenvalue weighted by atomic mass is 10.2. The predicted molar refractivity (Wildman–Crippen MR) is 79.5 cm³/mol. The summed E-state index contributed by atoms with van der Waals surface area (Å²) in [7, 11) is 0. The summed E-state index contributed by atoms with van der Waals surface area (Å²) < 4.78 is 0. The molecule has 1 rings (SSSR count). The van der Waals surface area contributed by atoms with Crippen molar-refractivity contribution >= 4 is 5.95 Å². The molecule has 0 fully saturated rings. The first kappa shape index (κ1) is 15.8. The number of aromatic nitrogens is 3. The Balaban J connectivity index is 2.66. The standard InChI is InChI=1S/C14H27N5/c1-6-12-13(7-2)17-18-14(16-12)15-11(5)10-19(8-3)9-4/h11H,6-10H2,1-5H3,(H,15,16,18). The molecule has 0 saturated carbocycles. The number of rotatable bonds is 8. The first-order valence-corrected chi connectivity index (χ1v) is 7.35. The van der Waals surface area contributed by atoms with E-state index in [9.17, 15) is 0 Å². The van der Waals surface area contributed by atoms with E-state index in [1.165, 1.54) is 0 Å². The number of aryl methyl sites for hydroxylation is 2. The average molecular weight is 265 g/mol.